The minimum atomic E-state index is 0.652. The maximum Gasteiger partial charge on any atom is 0.0752 e. The van der Waals surface area contributed by atoms with Gasteiger partial charge in [-0.3, -0.25) is 4.98 Å². The number of aromatic nitrogens is 1. The molecule has 2 heterocycles. The molecule has 0 aromatic carbocycles. The Labute approximate surface area is 100 Å². The molecule has 0 amide bonds. The molecular formula is C10H10BrN3S. The normalized spacial score (nSPS) is 10.2. The highest BCUT2D eigenvalue weighted by atomic mass is 79.9. The molecule has 5 heteroatoms. The van der Waals surface area contributed by atoms with Gasteiger partial charge in [-0.05, 0) is 38.3 Å². The second-order valence-electron chi connectivity index (χ2n) is 3.07. The zero-order valence-electron chi connectivity index (χ0n) is 7.90. The number of hydrogen-bond donors (Lipinski definition) is 2. The summed E-state index contributed by atoms with van der Waals surface area (Å²) in [6.07, 6.45) is 3.37. The first-order valence-corrected chi connectivity index (χ1v) is 6.15. The van der Waals surface area contributed by atoms with Crippen LogP contribution < -0.4 is 11.1 Å². The SMILES string of the molecule is Nc1cncc(Br)c1NCc1ccsc1. The number of nitrogens with one attached hydrogen (secondary N) is 1. The Balaban J connectivity index is 2.11. The van der Waals surface area contributed by atoms with Crippen molar-refractivity contribution in [3.05, 3.63) is 39.3 Å². The Bertz CT molecular complexity index is 422. The van der Waals surface area contributed by atoms with Crippen LogP contribution in [0, 0.1) is 0 Å². The predicted molar refractivity (Wildman–Crippen MR) is 68.0 cm³/mol. The van der Waals surface area contributed by atoms with Crippen LogP contribution in [0.1, 0.15) is 5.56 Å². The summed E-state index contributed by atoms with van der Waals surface area (Å²) in [6.45, 7) is 0.774. The number of rotatable bonds is 3. The highest BCUT2D eigenvalue weighted by Crippen LogP contribution is 2.27. The molecule has 2 aromatic rings. The van der Waals surface area contributed by atoms with Crippen LogP contribution in [0.5, 0.6) is 0 Å². The molecule has 3 nitrogen and oxygen atoms in total. The van der Waals surface area contributed by atoms with Gasteiger partial charge in [0.15, 0.2) is 0 Å². The number of anilines is 2. The number of nitrogen functional groups attached to an aromatic ring is 1. The van der Waals surface area contributed by atoms with Crippen molar-refractivity contribution < 1.29 is 0 Å². The van der Waals surface area contributed by atoms with Crippen molar-refractivity contribution in [3.8, 4) is 0 Å². The molecule has 0 aliphatic heterocycles. The van der Waals surface area contributed by atoms with Gasteiger partial charge in [0, 0.05) is 12.7 Å². The second-order valence-corrected chi connectivity index (χ2v) is 4.71. The molecule has 15 heavy (non-hydrogen) atoms. The summed E-state index contributed by atoms with van der Waals surface area (Å²) in [6, 6.07) is 2.09. The predicted octanol–water partition coefficient (Wildman–Crippen LogP) is 3.10. The molecule has 78 valence electrons. The summed E-state index contributed by atoms with van der Waals surface area (Å²) >= 11 is 5.10. The average molecular weight is 284 g/mol. The molecule has 0 fully saturated rings. The van der Waals surface area contributed by atoms with Gasteiger partial charge >= 0.3 is 0 Å². The van der Waals surface area contributed by atoms with Crippen molar-refractivity contribution in [1.82, 2.24) is 4.98 Å². The summed E-state index contributed by atoms with van der Waals surface area (Å²) in [5.74, 6) is 0. The van der Waals surface area contributed by atoms with Gasteiger partial charge in [-0.25, -0.2) is 0 Å². The fourth-order valence-corrected chi connectivity index (χ4v) is 2.38. The van der Waals surface area contributed by atoms with Crippen molar-refractivity contribution in [2.45, 2.75) is 6.54 Å². The molecule has 2 aromatic heterocycles. The Morgan fingerprint density at radius 2 is 2.33 bits per heavy atom. The van der Waals surface area contributed by atoms with Crippen LogP contribution in [0.25, 0.3) is 0 Å². The minimum Gasteiger partial charge on any atom is -0.396 e. The van der Waals surface area contributed by atoms with E-state index in [1.165, 1.54) is 5.56 Å². The average Bonchev–Trinajstić information content (AvgIpc) is 2.70. The zero-order chi connectivity index (χ0) is 10.7. The molecule has 0 bridgehead atoms. The first-order chi connectivity index (χ1) is 7.27. The van der Waals surface area contributed by atoms with Crippen LogP contribution in [-0.2, 0) is 6.54 Å². The maximum absolute atomic E-state index is 5.81. The largest absolute Gasteiger partial charge is 0.396 e. The van der Waals surface area contributed by atoms with Gasteiger partial charge in [0.05, 0.1) is 22.0 Å². The molecule has 0 spiro atoms. The number of pyridine rings is 1. The summed E-state index contributed by atoms with van der Waals surface area (Å²) < 4.78 is 0.887. The number of nitrogens with two attached hydrogens (primary N) is 1. The van der Waals surface area contributed by atoms with E-state index in [4.69, 9.17) is 5.73 Å². The molecule has 0 saturated heterocycles. The van der Waals surface area contributed by atoms with E-state index in [-0.39, 0.29) is 0 Å². The van der Waals surface area contributed by atoms with E-state index in [1.54, 1.807) is 23.7 Å². The van der Waals surface area contributed by atoms with Crippen LogP contribution in [0.3, 0.4) is 0 Å². The van der Waals surface area contributed by atoms with E-state index >= 15 is 0 Å². The first-order valence-electron chi connectivity index (χ1n) is 4.41. The van der Waals surface area contributed by atoms with Crippen molar-refractivity contribution in [2.24, 2.45) is 0 Å². The lowest BCUT2D eigenvalue weighted by atomic mass is 10.3. The molecule has 0 aliphatic rings. The molecule has 0 atom stereocenters. The molecule has 0 radical (unpaired) electrons. The zero-order valence-corrected chi connectivity index (χ0v) is 10.3. The third-order valence-electron chi connectivity index (χ3n) is 1.98. The topological polar surface area (TPSA) is 50.9 Å². The third kappa shape index (κ3) is 2.49. The van der Waals surface area contributed by atoms with Crippen molar-refractivity contribution in [3.63, 3.8) is 0 Å². The molecule has 0 unspecified atom stereocenters. The van der Waals surface area contributed by atoms with Crippen molar-refractivity contribution in [1.29, 1.82) is 0 Å². The third-order valence-corrected chi connectivity index (χ3v) is 3.31. The van der Waals surface area contributed by atoms with Crippen molar-refractivity contribution >= 4 is 38.6 Å². The van der Waals surface area contributed by atoms with Crippen molar-refractivity contribution in [2.75, 3.05) is 11.1 Å². The van der Waals surface area contributed by atoms with Gasteiger partial charge < -0.3 is 11.1 Å². The van der Waals surface area contributed by atoms with Gasteiger partial charge in [0.25, 0.3) is 0 Å². The van der Waals surface area contributed by atoms with E-state index < -0.39 is 0 Å². The van der Waals surface area contributed by atoms with Gasteiger partial charge in [-0.1, -0.05) is 0 Å². The molecule has 3 N–H and O–H groups in total. The Morgan fingerprint density at radius 3 is 3.00 bits per heavy atom. The smallest absolute Gasteiger partial charge is 0.0752 e. The summed E-state index contributed by atoms with van der Waals surface area (Å²) in [5, 5.41) is 7.45. The first kappa shape index (κ1) is 10.4. The van der Waals surface area contributed by atoms with E-state index in [0.717, 1.165) is 16.7 Å². The maximum atomic E-state index is 5.81. The number of nitrogens with zero attached hydrogens (tertiary/aromatic N) is 1. The van der Waals surface area contributed by atoms with E-state index in [1.807, 2.05) is 0 Å². The fraction of sp³-hybridized carbons (Fsp3) is 0.100. The quantitative estimate of drug-likeness (QED) is 0.910. The van der Waals surface area contributed by atoms with Gasteiger partial charge in [-0.2, -0.15) is 11.3 Å². The van der Waals surface area contributed by atoms with Crippen LogP contribution >= 0.6 is 27.3 Å². The second kappa shape index (κ2) is 4.63. The van der Waals surface area contributed by atoms with Gasteiger partial charge in [0.1, 0.15) is 0 Å². The fourth-order valence-electron chi connectivity index (χ4n) is 1.22. The van der Waals surface area contributed by atoms with Crippen LogP contribution in [0.4, 0.5) is 11.4 Å². The molecular weight excluding hydrogens is 274 g/mol. The van der Waals surface area contributed by atoms with E-state index in [0.29, 0.717) is 5.69 Å². The molecule has 0 aliphatic carbocycles. The van der Waals surface area contributed by atoms with Gasteiger partial charge in [0.2, 0.25) is 0 Å². The lowest BCUT2D eigenvalue weighted by Gasteiger charge is -2.09. The molecule has 2 rings (SSSR count). The lowest BCUT2D eigenvalue weighted by Crippen LogP contribution is -2.02. The minimum absolute atomic E-state index is 0.652. The number of hydrogen-bond acceptors (Lipinski definition) is 4. The van der Waals surface area contributed by atoms with Crippen LogP contribution in [0.2, 0.25) is 0 Å². The molecule has 0 saturated carbocycles. The van der Waals surface area contributed by atoms with E-state index in [9.17, 15) is 0 Å². The standard InChI is InChI=1S/C10H10BrN3S/c11-8-4-13-5-9(12)10(8)14-3-7-1-2-15-6-7/h1-2,4-6H,3,12H2,(H,13,14). The Kier molecular flexibility index (Phi) is 3.23. The van der Waals surface area contributed by atoms with Crippen LogP contribution in [0.15, 0.2) is 33.7 Å². The number of halogens is 1. The monoisotopic (exact) mass is 283 g/mol. The Hall–Kier alpha value is -1.07. The van der Waals surface area contributed by atoms with Crippen LogP contribution in [-0.4, -0.2) is 4.98 Å². The van der Waals surface area contributed by atoms with E-state index in [2.05, 4.69) is 43.1 Å². The summed E-state index contributed by atoms with van der Waals surface area (Å²) in [4.78, 5) is 3.98. The highest BCUT2D eigenvalue weighted by molar-refractivity contribution is 9.10. The summed E-state index contributed by atoms with van der Waals surface area (Å²) in [7, 11) is 0. The Morgan fingerprint density at radius 1 is 1.47 bits per heavy atom. The highest BCUT2D eigenvalue weighted by Gasteiger charge is 2.03. The van der Waals surface area contributed by atoms with Gasteiger partial charge in [-0.15, -0.1) is 0 Å². The summed E-state index contributed by atoms with van der Waals surface area (Å²) in [5.41, 5.74) is 8.61. The number of thiophene rings is 1. The lowest BCUT2D eigenvalue weighted by molar-refractivity contribution is 1.15.